The van der Waals surface area contributed by atoms with E-state index < -0.39 is 0 Å². The number of tetrazole rings is 1. The number of H-pyrrole nitrogens is 1. The summed E-state index contributed by atoms with van der Waals surface area (Å²) in [5.74, 6) is 3.02. The van der Waals surface area contributed by atoms with Gasteiger partial charge in [-0.2, -0.15) is 0 Å². The Morgan fingerprint density at radius 2 is 1.82 bits per heavy atom. The molecule has 10 heteroatoms. The number of aromatic amines is 1. The molecule has 1 aliphatic heterocycles. The molecule has 4 aromatic rings. The Balaban J connectivity index is 1.37. The van der Waals surface area contributed by atoms with E-state index in [9.17, 15) is 4.79 Å². The third kappa shape index (κ3) is 5.21. The number of hydrogen-bond donors (Lipinski definition) is 1. The fourth-order valence-corrected chi connectivity index (χ4v) is 5.80. The van der Waals surface area contributed by atoms with Gasteiger partial charge < -0.3 is 19.2 Å². The van der Waals surface area contributed by atoms with Crippen LogP contribution in [0, 0.1) is 0 Å². The topological polar surface area (TPSA) is 107 Å². The van der Waals surface area contributed by atoms with Crippen molar-refractivity contribution in [2.24, 2.45) is 0 Å². The summed E-state index contributed by atoms with van der Waals surface area (Å²) in [6, 6.07) is 14.0. The van der Waals surface area contributed by atoms with Crippen molar-refractivity contribution in [1.29, 1.82) is 0 Å². The fraction of sp³-hybridized carbons (Fsp3) is 0.448. The van der Waals surface area contributed by atoms with Crippen LogP contribution in [-0.4, -0.2) is 50.4 Å². The molecule has 2 aromatic heterocycles. The van der Waals surface area contributed by atoms with Crippen molar-refractivity contribution < 1.29 is 14.2 Å². The van der Waals surface area contributed by atoms with Gasteiger partial charge in [0.25, 0.3) is 5.56 Å². The van der Waals surface area contributed by atoms with Gasteiger partial charge in [0.15, 0.2) is 17.3 Å². The van der Waals surface area contributed by atoms with E-state index in [1.165, 1.54) is 12.8 Å². The number of rotatable bonds is 9. The average Bonchev–Trinajstić information content (AvgIpc) is 3.66. The lowest BCUT2D eigenvalue weighted by atomic mass is 10.1. The normalized spacial score (nSPS) is 16.2. The maximum absolute atomic E-state index is 13.3. The molecule has 1 N–H and O–H groups in total. The number of nitrogens with zero attached hydrogens (tertiary/aromatic N) is 5. The molecule has 0 unspecified atom stereocenters. The van der Waals surface area contributed by atoms with Crippen LogP contribution in [0.1, 0.15) is 68.1 Å². The lowest BCUT2D eigenvalue weighted by Gasteiger charge is -2.31. The van der Waals surface area contributed by atoms with Crippen molar-refractivity contribution in [3.05, 3.63) is 69.8 Å². The lowest BCUT2D eigenvalue weighted by Crippen LogP contribution is -2.32. The Kier molecular flexibility index (Phi) is 7.19. The molecule has 1 fully saturated rings. The molecule has 1 saturated carbocycles. The van der Waals surface area contributed by atoms with Gasteiger partial charge in [-0.15, -0.1) is 5.10 Å². The molecular weight excluding hydrogens is 496 g/mol. The van der Waals surface area contributed by atoms with Crippen LogP contribution in [0.3, 0.4) is 0 Å². The van der Waals surface area contributed by atoms with Crippen molar-refractivity contribution in [2.75, 3.05) is 20.3 Å². The summed E-state index contributed by atoms with van der Waals surface area (Å²) in [5.41, 5.74) is 2.40. The SMILES string of the molecule is CC[C@H](c1nnnn1C1CCCC1)N(Cc1ccc(OC)cc1)Cc1cc2cc3c(cc2[nH]c1=O)OCCO3. The molecular formula is C29H34N6O4. The van der Waals surface area contributed by atoms with Crippen molar-refractivity contribution in [1.82, 2.24) is 30.1 Å². The van der Waals surface area contributed by atoms with E-state index in [0.717, 1.165) is 47.3 Å². The first-order chi connectivity index (χ1) is 19.1. The van der Waals surface area contributed by atoms with Crippen LogP contribution in [0.25, 0.3) is 10.9 Å². The first-order valence-electron chi connectivity index (χ1n) is 13.7. The highest BCUT2D eigenvalue weighted by molar-refractivity contribution is 5.83. The van der Waals surface area contributed by atoms with Gasteiger partial charge in [0.2, 0.25) is 0 Å². The molecule has 0 spiro atoms. The van der Waals surface area contributed by atoms with Crippen LogP contribution >= 0.6 is 0 Å². The van der Waals surface area contributed by atoms with Gasteiger partial charge in [0.1, 0.15) is 19.0 Å². The Morgan fingerprint density at radius 1 is 1.08 bits per heavy atom. The summed E-state index contributed by atoms with van der Waals surface area (Å²) in [7, 11) is 1.66. The van der Waals surface area contributed by atoms with Crippen LogP contribution in [0.4, 0.5) is 0 Å². The molecule has 2 aromatic carbocycles. The largest absolute Gasteiger partial charge is 0.497 e. The van der Waals surface area contributed by atoms with Gasteiger partial charge in [-0.25, -0.2) is 4.68 Å². The summed E-state index contributed by atoms with van der Waals surface area (Å²) in [6.45, 7) is 4.21. The van der Waals surface area contributed by atoms with Crippen LogP contribution in [0.5, 0.6) is 17.2 Å². The molecule has 0 bridgehead atoms. The number of fused-ring (bicyclic) bond motifs is 2. The molecule has 0 amide bonds. The predicted octanol–water partition coefficient (Wildman–Crippen LogP) is 4.56. The minimum atomic E-state index is -0.121. The minimum Gasteiger partial charge on any atom is -0.497 e. The number of methoxy groups -OCH3 is 1. The van der Waals surface area contributed by atoms with Crippen LogP contribution in [-0.2, 0) is 13.1 Å². The van der Waals surface area contributed by atoms with Gasteiger partial charge >= 0.3 is 0 Å². The molecule has 0 saturated heterocycles. The second-order valence-corrected chi connectivity index (χ2v) is 10.3. The van der Waals surface area contributed by atoms with Crippen LogP contribution in [0.2, 0.25) is 0 Å². The second-order valence-electron chi connectivity index (χ2n) is 10.3. The van der Waals surface area contributed by atoms with E-state index >= 15 is 0 Å². The average molecular weight is 531 g/mol. The highest BCUT2D eigenvalue weighted by atomic mass is 16.6. The third-order valence-electron chi connectivity index (χ3n) is 7.82. The zero-order valence-corrected chi connectivity index (χ0v) is 22.4. The highest BCUT2D eigenvalue weighted by Crippen LogP contribution is 2.35. The predicted molar refractivity (Wildman–Crippen MR) is 146 cm³/mol. The van der Waals surface area contributed by atoms with Gasteiger partial charge in [-0.1, -0.05) is 31.9 Å². The summed E-state index contributed by atoms with van der Waals surface area (Å²) in [6.07, 6.45) is 5.37. The first-order valence-corrected chi connectivity index (χ1v) is 13.7. The van der Waals surface area contributed by atoms with E-state index in [0.29, 0.717) is 49.4 Å². The molecule has 0 radical (unpaired) electrons. The number of aromatic nitrogens is 5. The summed E-state index contributed by atoms with van der Waals surface area (Å²) >= 11 is 0. The third-order valence-corrected chi connectivity index (χ3v) is 7.82. The van der Waals surface area contributed by atoms with Gasteiger partial charge in [-0.3, -0.25) is 9.69 Å². The molecule has 39 heavy (non-hydrogen) atoms. The zero-order valence-electron chi connectivity index (χ0n) is 22.4. The quantitative estimate of drug-likeness (QED) is 0.336. The smallest absolute Gasteiger partial charge is 0.252 e. The maximum atomic E-state index is 13.3. The second kappa shape index (κ2) is 11.1. The fourth-order valence-electron chi connectivity index (χ4n) is 5.80. The van der Waals surface area contributed by atoms with E-state index in [2.05, 4.69) is 44.5 Å². The Bertz CT molecular complexity index is 1490. The van der Waals surface area contributed by atoms with Gasteiger partial charge in [0.05, 0.1) is 24.7 Å². The maximum Gasteiger partial charge on any atom is 0.252 e. The Labute approximate surface area is 226 Å². The summed E-state index contributed by atoms with van der Waals surface area (Å²) < 4.78 is 18.9. The molecule has 1 atom stereocenters. The number of hydrogen-bond acceptors (Lipinski definition) is 8. The summed E-state index contributed by atoms with van der Waals surface area (Å²) in [4.78, 5) is 18.7. The van der Waals surface area contributed by atoms with Gasteiger partial charge in [0, 0.05) is 30.1 Å². The molecule has 204 valence electrons. The molecule has 1 aliphatic carbocycles. The Morgan fingerprint density at radius 3 is 2.54 bits per heavy atom. The van der Waals surface area contributed by atoms with Gasteiger partial charge in [-0.05, 0) is 59.5 Å². The van der Waals surface area contributed by atoms with E-state index in [1.807, 2.05) is 35.0 Å². The molecule has 10 nitrogen and oxygen atoms in total. The van der Waals surface area contributed by atoms with Crippen LogP contribution in [0.15, 0.2) is 47.3 Å². The lowest BCUT2D eigenvalue weighted by molar-refractivity contribution is 0.158. The van der Waals surface area contributed by atoms with Crippen molar-refractivity contribution in [3.63, 3.8) is 0 Å². The Hall–Kier alpha value is -3.92. The molecule has 3 heterocycles. The van der Waals surface area contributed by atoms with Crippen molar-refractivity contribution in [2.45, 2.75) is 64.2 Å². The summed E-state index contributed by atoms with van der Waals surface area (Å²) in [5, 5.41) is 13.9. The number of pyridine rings is 1. The highest BCUT2D eigenvalue weighted by Gasteiger charge is 2.30. The number of nitrogens with one attached hydrogen (secondary N) is 1. The van der Waals surface area contributed by atoms with Crippen LogP contribution < -0.4 is 19.8 Å². The number of ether oxygens (including phenoxy) is 3. The molecule has 6 rings (SSSR count). The van der Waals surface area contributed by atoms with E-state index in [4.69, 9.17) is 14.2 Å². The van der Waals surface area contributed by atoms with E-state index in [-0.39, 0.29) is 11.6 Å². The minimum absolute atomic E-state index is 0.0712. The first kappa shape index (κ1) is 25.4. The van der Waals surface area contributed by atoms with E-state index in [1.54, 1.807) is 7.11 Å². The number of benzene rings is 2. The van der Waals surface area contributed by atoms with Crippen molar-refractivity contribution in [3.8, 4) is 17.2 Å². The monoisotopic (exact) mass is 530 g/mol. The standard InChI is InChI=1S/C29H34N6O4/c1-3-25(28-31-32-33-35(28)22-6-4-5-7-22)34(17-19-8-10-23(37-2)11-9-19)18-21-14-20-15-26-27(39-13-12-38-26)16-24(20)30-29(21)36/h8-11,14-16,22,25H,3-7,12-13,17-18H2,1-2H3,(H,30,36)/t25-/m1/s1. The van der Waals surface area contributed by atoms with Crippen molar-refractivity contribution >= 4 is 10.9 Å². The molecule has 2 aliphatic rings. The zero-order chi connectivity index (χ0) is 26.8.